The second kappa shape index (κ2) is 2.37. The highest BCUT2D eigenvalue weighted by Crippen LogP contribution is 2.24. The number of thiophene rings is 1. The maximum Gasteiger partial charge on any atom is 0.101 e. The van der Waals surface area contributed by atoms with Crippen molar-refractivity contribution in [2.75, 3.05) is 0 Å². The van der Waals surface area contributed by atoms with E-state index < -0.39 is 0 Å². The highest BCUT2D eigenvalue weighted by Gasteiger charge is 1.99. The van der Waals surface area contributed by atoms with E-state index in [1.807, 2.05) is 29.6 Å². The lowest BCUT2D eigenvalue weighted by Crippen LogP contribution is -1.66. The van der Waals surface area contributed by atoms with Gasteiger partial charge in [-0.2, -0.15) is 5.26 Å². The second-order valence-corrected chi connectivity index (χ2v) is 3.17. The Hall–Kier alpha value is -1.33. The number of nitrogens with zero attached hydrogens (tertiary/aromatic N) is 1. The van der Waals surface area contributed by atoms with E-state index in [0.29, 0.717) is 0 Å². The van der Waals surface area contributed by atoms with E-state index in [9.17, 15) is 0 Å². The number of rotatable bonds is 0. The summed E-state index contributed by atoms with van der Waals surface area (Å²) in [5.41, 5.74) is 0.783. The molecule has 0 N–H and O–H groups in total. The zero-order valence-electron chi connectivity index (χ0n) is 5.74. The number of hydrogen-bond acceptors (Lipinski definition) is 2. The van der Waals surface area contributed by atoms with Crippen LogP contribution in [0.4, 0.5) is 0 Å². The van der Waals surface area contributed by atoms with Gasteiger partial charge in [0.1, 0.15) is 6.07 Å². The summed E-state index contributed by atoms with van der Waals surface area (Å²) < 4.78 is 1.18. The van der Waals surface area contributed by atoms with E-state index in [1.165, 1.54) is 4.70 Å². The summed E-state index contributed by atoms with van der Waals surface area (Å²) in [6.07, 6.45) is 0. The van der Waals surface area contributed by atoms with Gasteiger partial charge in [-0.25, -0.2) is 0 Å². The molecule has 11 heavy (non-hydrogen) atoms. The Labute approximate surface area is 68.5 Å². The molecule has 52 valence electrons. The van der Waals surface area contributed by atoms with Gasteiger partial charge in [0.2, 0.25) is 0 Å². The molecule has 1 aromatic heterocycles. The minimum Gasteiger partial charge on any atom is -0.192 e. The minimum atomic E-state index is 0.783. The van der Waals surface area contributed by atoms with E-state index >= 15 is 0 Å². The van der Waals surface area contributed by atoms with Crippen molar-refractivity contribution in [1.29, 1.82) is 5.26 Å². The van der Waals surface area contributed by atoms with Crippen LogP contribution in [-0.2, 0) is 0 Å². The summed E-state index contributed by atoms with van der Waals surface area (Å²) >= 11 is 1.62. The highest BCUT2D eigenvalue weighted by atomic mass is 32.1. The first-order valence-electron chi connectivity index (χ1n) is 3.28. The van der Waals surface area contributed by atoms with Crippen molar-refractivity contribution in [3.8, 4) is 6.07 Å². The second-order valence-electron chi connectivity index (χ2n) is 2.26. The van der Waals surface area contributed by atoms with Gasteiger partial charge in [0, 0.05) is 15.5 Å². The first-order valence-corrected chi connectivity index (χ1v) is 4.16. The molecule has 0 bridgehead atoms. The van der Waals surface area contributed by atoms with Gasteiger partial charge in [-0.15, -0.1) is 11.3 Å². The van der Waals surface area contributed by atoms with Crippen LogP contribution >= 0.6 is 11.3 Å². The van der Waals surface area contributed by atoms with Crippen LogP contribution in [0.25, 0.3) is 10.1 Å². The molecule has 1 nitrogen and oxygen atoms in total. The largest absolute Gasteiger partial charge is 0.192 e. The zero-order chi connectivity index (χ0) is 7.68. The van der Waals surface area contributed by atoms with Crippen molar-refractivity contribution >= 4 is 21.4 Å². The third kappa shape index (κ3) is 0.903. The number of benzene rings is 1. The average Bonchev–Trinajstić information content (AvgIpc) is 2.47. The molecule has 1 heterocycles. The Balaban J connectivity index is 2.89. The molecule has 2 heteroatoms. The fraction of sp³-hybridized carbons (Fsp3) is 0. The topological polar surface area (TPSA) is 23.8 Å². The van der Waals surface area contributed by atoms with E-state index in [0.717, 1.165) is 10.9 Å². The van der Waals surface area contributed by atoms with Gasteiger partial charge in [0.05, 0.1) is 5.56 Å². The predicted molar refractivity (Wildman–Crippen MR) is 46.5 cm³/mol. The van der Waals surface area contributed by atoms with Crippen LogP contribution in [-0.4, -0.2) is 0 Å². The monoisotopic (exact) mass is 161 g/mol. The molecule has 0 aliphatic rings. The molecular formula is C9H5NS. The molecule has 0 atom stereocenters. The van der Waals surface area contributed by atoms with E-state index in [4.69, 9.17) is 5.26 Å². The standard InChI is InChI=1S/C9H5NS/c10-5-7-6-11-9-4-2-1-3-8(7)9/h1-4,6H/i5+1,10+1. The minimum absolute atomic E-state index is 0.783. The molecule has 0 aliphatic carbocycles. The average molecular weight is 161 g/mol. The van der Waals surface area contributed by atoms with Gasteiger partial charge in [0.15, 0.2) is 0 Å². The third-order valence-electron chi connectivity index (χ3n) is 1.60. The molecule has 0 spiro atoms. The Bertz CT molecular complexity index is 422. The predicted octanol–water partition coefficient (Wildman–Crippen LogP) is 2.77. The summed E-state index contributed by atoms with van der Waals surface area (Å²) in [6.45, 7) is 0. The first kappa shape index (κ1) is 6.38. The van der Waals surface area contributed by atoms with Crippen molar-refractivity contribution < 1.29 is 0 Å². The number of nitriles is 1. The molecule has 1 aromatic carbocycles. The fourth-order valence-corrected chi connectivity index (χ4v) is 1.95. The van der Waals surface area contributed by atoms with E-state index in [-0.39, 0.29) is 0 Å². The molecule has 0 saturated carbocycles. The van der Waals surface area contributed by atoms with Gasteiger partial charge in [-0.05, 0) is 6.07 Å². The molecular weight excluding hydrogens is 156 g/mol. The lowest BCUT2D eigenvalue weighted by molar-refractivity contribution is 1.52. The van der Waals surface area contributed by atoms with Crippen LogP contribution in [0, 0.1) is 11.3 Å². The third-order valence-corrected chi connectivity index (χ3v) is 2.56. The summed E-state index contributed by atoms with van der Waals surface area (Å²) in [7, 11) is 0. The van der Waals surface area contributed by atoms with Crippen LogP contribution in [0.3, 0.4) is 0 Å². The van der Waals surface area contributed by atoms with Crippen molar-refractivity contribution in [3.63, 3.8) is 0 Å². The van der Waals surface area contributed by atoms with Gasteiger partial charge in [-0.3, -0.25) is 0 Å². The fourth-order valence-electron chi connectivity index (χ4n) is 1.06. The molecule has 2 aromatic rings. The molecule has 0 radical (unpaired) electrons. The molecule has 2 rings (SSSR count). The Morgan fingerprint density at radius 1 is 1.27 bits per heavy atom. The van der Waals surface area contributed by atoms with Crippen LogP contribution in [0.5, 0.6) is 0 Å². The van der Waals surface area contributed by atoms with Crippen molar-refractivity contribution in [2.45, 2.75) is 0 Å². The lowest BCUT2D eigenvalue weighted by Gasteiger charge is -1.85. The first-order chi connectivity index (χ1) is 5.42. The van der Waals surface area contributed by atoms with Crippen molar-refractivity contribution in [1.82, 2.24) is 0 Å². The Morgan fingerprint density at radius 3 is 2.91 bits per heavy atom. The highest BCUT2D eigenvalue weighted by molar-refractivity contribution is 7.17. The number of hydrogen-bond donors (Lipinski definition) is 0. The SMILES string of the molecule is [15N]#[13C]c1csc2ccccc12. The Kier molecular flexibility index (Phi) is 1.38. The van der Waals surface area contributed by atoms with Gasteiger partial charge in [0.25, 0.3) is 0 Å². The van der Waals surface area contributed by atoms with E-state index in [2.05, 4.69) is 6.07 Å². The van der Waals surface area contributed by atoms with Crippen LogP contribution in [0.15, 0.2) is 29.6 Å². The normalized spacial score (nSPS) is 9.73. The molecule has 0 amide bonds. The van der Waals surface area contributed by atoms with Gasteiger partial charge >= 0.3 is 0 Å². The van der Waals surface area contributed by atoms with Gasteiger partial charge < -0.3 is 0 Å². The molecule has 0 unspecified atom stereocenters. The van der Waals surface area contributed by atoms with E-state index in [1.54, 1.807) is 11.3 Å². The van der Waals surface area contributed by atoms with Crippen LogP contribution < -0.4 is 0 Å². The quantitative estimate of drug-likeness (QED) is 0.430. The molecule has 0 aliphatic heterocycles. The zero-order valence-corrected chi connectivity index (χ0v) is 6.56. The van der Waals surface area contributed by atoms with Crippen LogP contribution in [0.2, 0.25) is 0 Å². The summed E-state index contributed by atoms with van der Waals surface area (Å²) in [5.74, 6) is 0. The van der Waals surface area contributed by atoms with Crippen molar-refractivity contribution in [2.24, 2.45) is 0 Å². The summed E-state index contributed by atoms with van der Waals surface area (Å²) in [4.78, 5) is 0. The van der Waals surface area contributed by atoms with Crippen molar-refractivity contribution in [3.05, 3.63) is 35.2 Å². The van der Waals surface area contributed by atoms with Crippen LogP contribution in [0.1, 0.15) is 5.56 Å². The van der Waals surface area contributed by atoms with Gasteiger partial charge in [-0.1, -0.05) is 18.2 Å². The summed E-state index contributed by atoms with van der Waals surface area (Å²) in [5, 5.41) is 11.6. The Morgan fingerprint density at radius 2 is 2.09 bits per heavy atom. The molecule has 0 saturated heterocycles. The summed E-state index contributed by atoms with van der Waals surface area (Å²) in [6, 6.07) is 10.1. The number of fused-ring (bicyclic) bond motifs is 1. The lowest BCUT2D eigenvalue weighted by atomic mass is 10.2. The smallest absolute Gasteiger partial charge is 0.101 e. The maximum absolute atomic E-state index is 8.68. The molecule has 0 fully saturated rings. The maximum atomic E-state index is 8.68.